The first kappa shape index (κ1) is 14.8. The molecule has 1 unspecified atom stereocenters. The second-order valence-electron chi connectivity index (χ2n) is 6.87. The second kappa shape index (κ2) is 5.80. The van der Waals surface area contributed by atoms with E-state index < -0.39 is 0 Å². The molecule has 1 saturated carbocycles. The summed E-state index contributed by atoms with van der Waals surface area (Å²) in [6.07, 6.45) is 6.32. The molecule has 0 bridgehead atoms. The smallest absolute Gasteiger partial charge is 0.237 e. The van der Waals surface area contributed by atoms with E-state index in [9.17, 15) is 4.79 Å². The molecule has 0 aromatic carbocycles. The van der Waals surface area contributed by atoms with Gasteiger partial charge in [-0.3, -0.25) is 10.1 Å². The predicted octanol–water partition coefficient (Wildman–Crippen LogP) is 1.66. The van der Waals surface area contributed by atoms with Crippen LogP contribution in [0.25, 0.3) is 0 Å². The van der Waals surface area contributed by atoms with Crippen LogP contribution >= 0.6 is 0 Å². The second-order valence-corrected chi connectivity index (χ2v) is 6.87. The van der Waals surface area contributed by atoms with Crippen molar-refractivity contribution in [2.45, 2.75) is 57.7 Å². The average Bonchev–Trinajstić information content (AvgIpc) is 2.91. The van der Waals surface area contributed by atoms with Gasteiger partial charge in [0.05, 0.1) is 12.7 Å². The summed E-state index contributed by atoms with van der Waals surface area (Å²) in [6.45, 7) is 5.85. The third-order valence-corrected chi connectivity index (χ3v) is 4.83. The third kappa shape index (κ3) is 3.11. The number of carbonyl (C=O) groups is 1. The number of hydrogen-bond donors (Lipinski definition) is 1. The highest BCUT2D eigenvalue weighted by Crippen LogP contribution is 2.35. The van der Waals surface area contributed by atoms with Crippen molar-refractivity contribution in [3.63, 3.8) is 0 Å². The van der Waals surface area contributed by atoms with Gasteiger partial charge in [-0.25, -0.2) is 0 Å². The Bertz CT molecular complexity index is 321. The van der Waals surface area contributed by atoms with Gasteiger partial charge in [0.25, 0.3) is 0 Å². The lowest BCUT2D eigenvalue weighted by molar-refractivity contribution is -0.130. The average molecular weight is 267 g/mol. The molecule has 1 aliphatic heterocycles. The summed E-state index contributed by atoms with van der Waals surface area (Å²) in [7, 11) is 4.33. The van der Waals surface area contributed by atoms with Crippen LogP contribution in [0.2, 0.25) is 0 Å². The highest BCUT2D eigenvalue weighted by Gasteiger charge is 2.42. The number of nitrogens with zero attached hydrogens (tertiary/aromatic N) is 2. The molecule has 1 heterocycles. The maximum absolute atomic E-state index is 12.2. The van der Waals surface area contributed by atoms with Crippen molar-refractivity contribution in [2.75, 3.05) is 27.2 Å². The molecule has 2 rings (SSSR count). The van der Waals surface area contributed by atoms with E-state index in [0.29, 0.717) is 12.5 Å². The maximum atomic E-state index is 12.2. The number of rotatable bonds is 5. The molecule has 1 amide bonds. The molecule has 0 aromatic heterocycles. The van der Waals surface area contributed by atoms with Crippen LogP contribution in [0.1, 0.15) is 46.0 Å². The van der Waals surface area contributed by atoms with Crippen molar-refractivity contribution >= 4 is 5.91 Å². The predicted molar refractivity (Wildman–Crippen MR) is 77.8 cm³/mol. The summed E-state index contributed by atoms with van der Waals surface area (Å²) in [4.78, 5) is 16.6. The summed E-state index contributed by atoms with van der Waals surface area (Å²) in [5.74, 6) is 0.892. The molecule has 1 aliphatic carbocycles. The van der Waals surface area contributed by atoms with Gasteiger partial charge in [-0.05, 0) is 39.3 Å². The van der Waals surface area contributed by atoms with Gasteiger partial charge < -0.3 is 9.80 Å². The molecule has 0 aromatic rings. The van der Waals surface area contributed by atoms with Gasteiger partial charge in [-0.2, -0.15) is 0 Å². The standard InChI is InChI=1S/C15H29N3O/c1-12(2)9-13-16-10-14(19)18(13)11-15(17(3)4)7-5-6-8-15/h12-13,16H,5-11H2,1-4H3. The van der Waals surface area contributed by atoms with Crippen molar-refractivity contribution in [2.24, 2.45) is 5.92 Å². The van der Waals surface area contributed by atoms with Crippen molar-refractivity contribution < 1.29 is 4.79 Å². The fourth-order valence-corrected chi connectivity index (χ4v) is 3.54. The zero-order valence-corrected chi connectivity index (χ0v) is 12.9. The van der Waals surface area contributed by atoms with E-state index in [4.69, 9.17) is 0 Å². The van der Waals surface area contributed by atoms with Gasteiger partial charge in [0, 0.05) is 12.1 Å². The molecule has 110 valence electrons. The fourth-order valence-electron chi connectivity index (χ4n) is 3.54. The van der Waals surface area contributed by atoms with Gasteiger partial charge in [0.2, 0.25) is 5.91 Å². The Morgan fingerprint density at radius 1 is 1.37 bits per heavy atom. The molecule has 2 aliphatic rings. The fraction of sp³-hybridized carbons (Fsp3) is 0.933. The first-order chi connectivity index (χ1) is 8.94. The molecule has 0 radical (unpaired) electrons. The van der Waals surface area contributed by atoms with Crippen LogP contribution in [0.3, 0.4) is 0 Å². The molecule has 1 saturated heterocycles. The van der Waals surface area contributed by atoms with Gasteiger partial charge in [-0.1, -0.05) is 26.7 Å². The van der Waals surface area contributed by atoms with Gasteiger partial charge >= 0.3 is 0 Å². The van der Waals surface area contributed by atoms with E-state index in [2.05, 4.69) is 43.1 Å². The van der Waals surface area contributed by atoms with Crippen molar-refractivity contribution in [3.8, 4) is 0 Å². The van der Waals surface area contributed by atoms with Crippen molar-refractivity contribution in [1.29, 1.82) is 0 Å². The molecule has 1 atom stereocenters. The van der Waals surface area contributed by atoms with Crippen LogP contribution in [-0.2, 0) is 4.79 Å². The minimum absolute atomic E-state index is 0.205. The van der Waals surface area contributed by atoms with E-state index in [1.54, 1.807) is 0 Å². The van der Waals surface area contributed by atoms with Crippen LogP contribution in [0.4, 0.5) is 0 Å². The Hall–Kier alpha value is -0.610. The number of hydrogen-bond acceptors (Lipinski definition) is 3. The topological polar surface area (TPSA) is 35.6 Å². The first-order valence-corrected chi connectivity index (χ1v) is 7.65. The molecular formula is C15H29N3O. The summed E-state index contributed by atoms with van der Waals surface area (Å²) >= 11 is 0. The number of amides is 1. The molecule has 4 heteroatoms. The van der Waals surface area contributed by atoms with Gasteiger partial charge in [0.1, 0.15) is 0 Å². The molecular weight excluding hydrogens is 238 g/mol. The lowest BCUT2D eigenvalue weighted by atomic mass is 9.94. The molecule has 4 nitrogen and oxygen atoms in total. The lowest BCUT2D eigenvalue weighted by Crippen LogP contribution is -2.54. The maximum Gasteiger partial charge on any atom is 0.237 e. The number of nitrogens with one attached hydrogen (secondary N) is 1. The Labute approximate surface area is 117 Å². The van der Waals surface area contributed by atoms with Crippen LogP contribution < -0.4 is 5.32 Å². The van der Waals surface area contributed by atoms with Crippen LogP contribution in [0, 0.1) is 5.92 Å². The van der Waals surface area contributed by atoms with E-state index in [-0.39, 0.29) is 17.6 Å². The highest BCUT2D eigenvalue weighted by atomic mass is 16.2. The quantitative estimate of drug-likeness (QED) is 0.823. The first-order valence-electron chi connectivity index (χ1n) is 7.65. The van der Waals surface area contributed by atoms with Gasteiger partial charge in [-0.15, -0.1) is 0 Å². The molecule has 2 fully saturated rings. The Balaban J connectivity index is 2.08. The van der Waals surface area contributed by atoms with Crippen LogP contribution in [-0.4, -0.2) is 54.6 Å². The van der Waals surface area contributed by atoms with E-state index in [1.165, 1.54) is 25.7 Å². The Morgan fingerprint density at radius 3 is 2.53 bits per heavy atom. The molecule has 1 N–H and O–H groups in total. The van der Waals surface area contributed by atoms with Crippen LogP contribution in [0.5, 0.6) is 0 Å². The van der Waals surface area contributed by atoms with Gasteiger partial charge in [0.15, 0.2) is 0 Å². The lowest BCUT2D eigenvalue weighted by Gasteiger charge is -2.41. The summed E-state index contributed by atoms with van der Waals surface area (Å²) in [5, 5.41) is 3.38. The Morgan fingerprint density at radius 2 is 2.00 bits per heavy atom. The van der Waals surface area contributed by atoms with Crippen LogP contribution in [0.15, 0.2) is 0 Å². The highest BCUT2D eigenvalue weighted by molar-refractivity contribution is 5.80. The number of likely N-dealkylation sites (N-methyl/N-ethyl adjacent to an activating group) is 1. The summed E-state index contributed by atoms with van der Waals surface area (Å²) in [5.41, 5.74) is 0.205. The summed E-state index contributed by atoms with van der Waals surface area (Å²) < 4.78 is 0. The zero-order valence-electron chi connectivity index (χ0n) is 12.9. The van der Waals surface area contributed by atoms with Crippen molar-refractivity contribution in [1.82, 2.24) is 15.1 Å². The minimum atomic E-state index is 0.205. The zero-order chi connectivity index (χ0) is 14.0. The molecule has 19 heavy (non-hydrogen) atoms. The minimum Gasteiger partial charge on any atom is -0.324 e. The van der Waals surface area contributed by atoms with Crippen molar-refractivity contribution in [3.05, 3.63) is 0 Å². The summed E-state index contributed by atoms with van der Waals surface area (Å²) in [6, 6.07) is 0. The monoisotopic (exact) mass is 267 g/mol. The number of carbonyl (C=O) groups excluding carboxylic acids is 1. The third-order valence-electron chi connectivity index (χ3n) is 4.83. The van der Waals surface area contributed by atoms with E-state index in [0.717, 1.165) is 13.0 Å². The van der Waals surface area contributed by atoms with E-state index >= 15 is 0 Å². The molecule has 0 spiro atoms. The Kier molecular flexibility index (Phi) is 4.51. The SMILES string of the molecule is CC(C)CC1NCC(=O)N1CC1(N(C)C)CCCC1. The van der Waals surface area contributed by atoms with E-state index in [1.807, 2.05) is 0 Å². The largest absolute Gasteiger partial charge is 0.324 e. The normalized spacial score (nSPS) is 26.9.